The van der Waals surface area contributed by atoms with Gasteiger partial charge in [-0.2, -0.15) is 4.98 Å². The Balaban J connectivity index is 1.16. The minimum atomic E-state index is -0.155. The molecule has 1 aliphatic heterocycles. The molecule has 4 aromatic rings. The highest BCUT2D eigenvalue weighted by molar-refractivity contribution is 5.96. The number of oxazole rings is 1. The van der Waals surface area contributed by atoms with Crippen LogP contribution in [0.3, 0.4) is 0 Å². The van der Waals surface area contributed by atoms with E-state index in [-0.39, 0.29) is 5.91 Å². The first-order chi connectivity index (χ1) is 13.8. The summed E-state index contributed by atoms with van der Waals surface area (Å²) in [6, 6.07) is 17.9. The second-order valence-corrected chi connectivity index (χ2v) is 7.25. The van der Waals surface area contributed by atoms with Crippen molar-refractivity contribution in [3.8, 4) is 0 Å². The predicted molar refractivity (Wildman–Crippen MR) is 107 cm³/mol. The van der Waals surface area contributed by atoms with E-state index < -0.39 is 0 Å². The zero-order valence-corrected chi connectivity index (χ0v) is 15.4. The second kappa shape index (κ2) is 7.03. The summed E-state index contributed by atoms with van der Waals surface area (Å²) in [5.74, 6) is 0.650. The van der Waals surface area contributed by atoms with E-state index in [0.717, 1.165) is 48.0 Å². The lowest BCUT2D eigenvalue weighted by atomic mass is 9.97. The van der Waals surface area contributed by atoms with Crippen LogP contribution in [-0.4, -0.2) is 30.5 Å². The zero-order valence-electron chi connectivity index (χ0n) is 15.4. The molecule has 0 bridgehead atoms. The van der Waals surface area contributed by atoms with Crippen molar-refractivity contribution in [3.05, 3.63) is 60.4 Å². The fourth-order valence-corrected chi connectivity index (χ4v) is 3.74. The summed E-state index contributed by atoms with van der Waals surface area (Å²) in [5, 5.41) is 3.96. The summed E-state index contributed by atoms with van der Waals surface area (Å²) in [5.41, 5.74) is 2.44. The van der Waals surface area contributed by atoms with Crippen LogP contribution in [0.1, 0.15) is 23.4 Å². The molecule has 0 spiro atoms. The van der Waals surface area contributed by atoms with Crippen molar-refractivity contribution < 1.29 is 13.6 Å². The molecule has 1 saturated heterocycles. The Bertz CT molecular complexity index is 1060. The van der Waals surface area contributed by atoms with Gasteiger partial charge in [0.1, 0.15) is 11.1 Å². The lowest BCUT2D eigenvalue weighted by molar-refractivity contribution is 0.0919. The van der Waals surface area contributed by atoms with Crippen molar-refractivity contribution in [2.75, 3.05) is 24.5 Å². The lowest BCUT2D eigenvalue weighted by Gasteiger charge is -2.30. The van der Waals surface area contributed by atoms with Gasteiger partial charge in [0.25, 0.3) is 11.9 Å². The van der Waals surface area contributed by atoms with Crippen LogP contribution >= 0.6 is 0 Å². The van der Waals surface area contributed by atoms with Crippen LogP contribution in [0.5, 0.6) is 0 Å². The monoisotopic (exact) mass is 375 g/mol. The molecule has 5 rings (SSSR count). The Morgan fingerprint density at radius 1 is 1.04 bits per heavy atom. The maximum absolute atomic E-state index is 12.4. The average Bonchev–Trinajstić information content (AvgIpc) is 3.36. The minimum absolute atomic E-state index is 0.155. The van der Waals surface area contributed by atoms with Crippen molar-refractivity contribution in [2.45, 2.75) is 12.8 Å². The number of hydrogen-bond acceptors (Lipinski definition) is 5. The number of hydrogen-bond donors (Lipinski definition) is 1. The van der Waals surface area contributed by atoms with Crippen LogP contribution < -0.4 is 10.2 Å². The third-order valence-electron chi connectivity index (χ3n) is 5.37. The molecule has 0 unspecified atom stereocenters. The predicted octanol–water partition coefficient (Wildman–Crippen LogP) is 4.22. The third-order valence-corrected chi connectivity index (χ3v) is 5.37. The van der Waals surface area contributed by atoms with Gasteiger partial charge in [0.15, 0.2) is 11.3 Å². The molecule has 1 aliphatic rings. The summed E-state index contributed by atoms with van der Waals surface area (Å²) >= 11 is 0. The van der Waals surface area contributed by atoms with Crippen LogP contribution in [0.25, 0.3) is 22.1 Å². The maximum atomic E-state index is 12.4. The van der Waals surface area contributed by atoms with E-state index in [1.807, 2.05) is 48.5 Å². The fraction of sp³-hybridized carbons (Fsp3) is 0.273. The average molecular weight is 375 g/mol. The van der Waals surface area contributed by atoms with Gasteiger partial charge in [0.05, 0.1) is 0 Å². The van der Waals surface area contributed by atoms with Crippen molar-refractivity contribution in [3.63, 3.8) is 0 Å². The first-order valence-electron chi connectivity index (χ1n) is 9.63. The quantitative estimate of drug-likeness (QED) is 0.578. The van der Waals surface area contributed by atoms with Crippen molar-refractivity contribution in [1.82, 2.24) is 10.3 Å². The molecule has 0 atom stereocenters. The number of nitrogens with one attached hydrogen (secondary N) is 1. The second-order valence-electron chi connectivity index (χ2n) is 7.25. The number of carbonyl (C=O) groups is 1. The van der Waals surface area contributed by atoms with Gasteiger partial charge in [-0.05, 0) is 43.0 Å². The van der Waals surface area contributed by atoms with Crippen molar-refractivity contribution in [1.29, 1.82) is 0 Å². The van der Waals surface area contributed by atoms with E-state index in [1.165, 1.54) is 0 Å². The van der Waals surface area contributed by atoms with E-state index in [2.05, 4.69) is 15.2 Å². The molecule has 28 heavy (non-hydrogen) atoms. The number of piperidine rings is 1. The van der Waals surface area contributed by atoms with Gasteiger partial charge in [-0.15, -0.1) is 0 Å². The molecule has 0 aliphatic carbocycles. The molecule has 1 amide bonds. The number of aromatic nitrogens is 1. The highest BCUT2D eigenvalue weighted by Gasteiger charge is 2.23. The van der Waals surface area contributed by atoms with E-state index in [1.54, 1.807) is 6.07 Å². The van der Waals surface area contributed by atoms with Crippen molar-refractivity contribution >= 4 is 34.0 Å². The Morgan fingerprint density at radius 3 is 2.57 bits per heavy atom. The minimum Gasteiger partial charge on any atom is -0.451 e. The SMILES string of the molecule is O=C(NCC1CCN(c2nc3ccccc3o2)CC1)c1cc2ccccc2o1. The van der Waals surface area contributed by atoms with Crippen LogP contribution in [0, 0.1) is 5.92 Å². The van der Waals surface area contributed by atoms with Crippen LogP contribution in [-0.2, 0) is 0 Å². The van der Waals surface area contributed by atoms with Crippen molar-refractivity contribution in [2.24, 2.45) is 5.92 Å². The van der Waals surface area contributed by atoms with Gasteiger partial charge in [0, 0.05) is 25.0 Å². The molecule has 2 aromatic carbocycles. The topological polar surface area (TPSA) is 71.5 Å². The number of amides is 1. The molecule has 3 heterocycles. The number of benzene rings is 2. The molecule has 1 fully saturated rings. The summed E-state index contributed by atoms with van der Waals surface area (Å²) in [6.45, 7) is 2.40. The molecule has 2 aromatic heterocycles. The maximum Gasteiger partial charge on any atom is 0.298 e. The van der Waals surface area contributed by atoms with Crippen LogP contribution in [0.15, 0.2) is 63.4 Å². The lowest BCUT2D eigenvalue weighted by Crippen LogP contribution is -2.38. The Morgan fingerprint density at radius 2 is 1.79 bits per heavy atom. The summed E-state index contributed by atoms with van der Waals surface area (Å²) in [6.07, 6.45) is 1.97. The fourth-order valence-electron chi connectivity index (χ4n) is 3.74. The van der Waals surface area contributed by atoms with E-state index in [9.17, 15) is 4.79 Å². The van der Waals surface area contributed by atoms with Gasteiger partial charge >= 0.3 is 0 Å². The Labute approximate surface area is 162 Å². The molecule has 142 valence electrons. The number of carbonyl (C=O) groups excluding carboxylic acids is 1. The largest absolute Gasteiger partial charge is 0.451 e. The summed E-state index contributed by atoms with van der Waals surface area (Å²) < 4.78 is 11.5. The van der Waals surface area contributed by atoms with Gasteiger partial charge in [0.2, 0.25) is 0 Å². The number of anilines is 1. The molecular formula is C22H21N3O3. The Kier molecular flexibility index (Phi) is 4.24. The van der Waals surface area contributed by atoms with Gasteiger partial charge < -0.3 is 19.1 Å². The third kappa shape index (κ3) is 3.22. The Hall–Kier alpha value is -3.28. The molecule has 6 heteroatoms. The van der Waals surface area contributed by atoms with Gasteiger partial charge in [-0.25, -0.2) is 0 Å². The van der Waals surface area contributed by atoms with E-state index >= 15 is 0 Å². The zero-order chi connectivity index (χ0) is 18.9. The highest BCUT2D eigenvalue weighted by atomic mass is 16.4. The first kappa shape index (κ1) is 16.9. The van der Waals surface area contributed by atoms with Crippen LogP contribution in [0.2, 0.25) is 0 Å². The number of nitrogens with zero attached hydrogens (tertiary/aromatic N) is 2. The number of furan rings is 1. The molecule has 6 nitrogen and oxygen atoms in total. The van der Waals surface area contributed by atoms with Gasteiger partial charge in [-0.3, -0.25) is 4.79 Å². The summed E-state index contributed by atoms with van der Waals surface area (Å²) in [4.78, 5) is 19.2. The molecular weight excluding hydrogens is 354 g/mol. The van der Waals surface area contributed by atoms with E-state index in [0.29, 0.717) is 24.2 Å². The van der Waals surface area contributed by atoms with Gasteiger partial charge in [-0.1, -0.05) is 30.3 Å². The van der Waals surface area contributed by atoms with E-state index in [4.69, 9.17) is 8.83 Å². The van der Waals surface area contributed by atoms with Crippen LogP contribution in [0.4, 0.5) is 6.01 Å². The number of fused-ring (bicyclic) bond motifs is 2. The smallest absolute Gasteiger partial charge is 0.298 e. The normalized spacial score (nSPS) is 15.4. The first-order valence-corrected chi connectivity index (χ1v) is 9.63. The number of para-hydroxylation sites is 3. The molecule has 0 radical (unpaired) electrons. The standard InChI is InChI=1S/C22H21N3O3/c26-21(20-13-16-5-1-3-7-18(16)27-20)23-14-15-9-11-25(12-10-15)22-24-17-6-2-4-8-19(17)28-22/h1-8,13,15H,9-12,14H2,(H,23,26). The summed E-state index contributed by atoms with van der Waals surface area (Å²) in [7, 11) is 0. The highest BCUT2D eigenvalue weighted by Crippen LogP contribution is 2.26. The molecule has 1 N–H and O–H groups in total. The molecule has 0 saturated carbocycles. The number of rotatable bonds is 4.